The lowest BCUT2D eigenvalue weighted by atomic mass is 10.2. The van der Waals surface area contributed by atoms with Crippen molar-refractivity contribution in [3.63, 3.8) is 0 Å². The van der Waals surface area contributed by atoms with Crippen molar-refractivity contribution in [2.75, 3.05) is 26.4 Å². The molecule has 11 heteroatoms. The van der Waals surface area contributed by atoms with Crippen molar-refractivity contribution in [1.82, 2.24) is 10.0 Å². The van der Waals surface area contributed by atoms with Crippen LogP contribution in [0.15, 0.2) is 40.6 Å². The van der Waals surface area contributed by atoms with Gasteiger partial charge in [-0.25, -0.2) is 13.1 Å². The summed E-state index contributed by atoms with van der Waals surface area (Å²) in [5.41, 5.74) is 0. The molecular weight excluding hydrogens is 456 g/mol. The van der Waals surface area contributed by atoms with Gasteiger partial charge in [-0.05, 0) is 36.4 Å². The van der Waals surface area contributed by atoms with Crippen molar-refractivity contribution in [2.45, 2.75) is 37.1 Å². The molecule has 9 nitrogen and oxygen atoms in total. The fourth-order valence-electron chi connectivity index (χ4n) is 2.92. The van der Waals surface area contributed by atoms with Gasteiger partial charge in [-0.15, -0.1) is 11.3 Å². The molecule has 1 aliphatic heterocycles. The number of esters is 1. The molecule has 1 aromatic carbocycles. The predicted molar refractivity (Wildman–Crippen MR) is 118 cm³/mol. The highest BCUT2D eigenvalue weighted by Gasteiger charge is 2.19. The van der Waals surface area contributed by atoms with Gasteiger partial charge in [-0.3, -0.25) is 9.59 Å². The Kier molecular flexibility index (Phi) is 8.89. The zero-order valence-electron chi connectivity index (χ0n) is 17.5. The number of hydrogen-bond acceptors (Lipinski definition) is 8. The van der Waals surface area contributed by atoms with Crippen LogP contribution in [0.3, 0.4) is 0 Å². The molecule has 0 radical (unpaired) electrons. The third kappa shape index (κ3) is 7.50. The SMILES string of the molecule is O=C(COC(=O)CCCCCNS(=O)(=O)c1ccc2c(c1)OCCO2)NCc1cccs1. The van der Waals surface area contributed by atoms with Gasteiger partial charge in [0, 0.05) is 23.9 Å². The van der Waals surface area contributed by atoms with Gasteiger partial charge < -0.3 is 19.5 Å². The first-order valence-electron chi connectivity index (χ1n) is 10.3. The smallest absolute Gasteiger partial charge is 0.306 e. The van der Waals surface area contributed by atoms with Crippen LogP contribution >= 0.6 is 11.3 Å². The molecule has 2 aromatic rings. The Bertz CT molecular complexity index is 1010. The zero-order valence-corrected chi connectivity index (χ0v) is 19.1. The highest BCUT2D eigenvalue weighted by Crippen LogP contribution is 2.32. The van der Waals surface area contributed by atoms with Crippen LogP contribution in [0.2, 0.25) is 0 Å². The molecule has 174 valence electrons. The van der Waals surface area contributed by atoms with E-state index in [-0.39, 0.29) is 30.4 Å². The number of nitrogens with one attached hydrogen (secondary N) is 2. The molecule has 0 unspecified atom stereocenters. The molecule has 0 aliphatic carbocycles. The minimum absolute atomic E-state index is 0.114. The average molecular weight is 483 g/mol. The Labute approximate surface area is 191 Å². The lowest BCUT2D eigenvalue weighted by Gasteiger charge is -2.18. The molecule has 0 spiro atoms. The Morgan fingerprint density at radius 2 is 1.88 bits per heavy atom. The number of hydrogen-bond donors (Lipinski definition) is 2. The number of carbonyl (C=O) groups excluding carboxylic acids is 2. The number of rotatable bonds is 12. The second-order valence-corrected chi connectivity index (χ2v) is 9.83. The topological polar surface area (TPSA) is 120 Å². The van der Waals surface area contributed by atoms with Crippen molar-refractivity contribution in [3.05, 3.63) is 40.6 Å². The van der Waals surface area contributed by atoms with E-state index < -0.39 is 16.0 Å². The lowest BCUT2D eigenvalue weighted by molar-refractivity contribution is -0.148. The van der Waals surface area contributed by atoms with Gasteiger partial charge in [-0.1, -0.05) is 12.5 Å². The number of benzene rings is 1. The van der Waals surface area contributed by atoms with Crippen LogP contribution in [0.5, 0.6) is 11.5 Å². The van der Waals surface area contributed by atoms with E-state index in [0.29, 0.717) is 50.5 Å². The summed E-state index contributed by atoms with van der Waals surface area (Å²) in [6.07, 6.45) is 1.93. The fourth-order valence-corrected chi connectivity index (χ4v) is 4.65. The van der Waals surface area contributed by atoms with Gasteiger partial charge in [0.15, 0.2) is 18.1 Å². The lowest BCUT2D eigenvalue weighted by Crippen LogP contribution is -2.28. The third-order valence-corrected chi connectivity index (χ3v) is 6.91. The molecule has 0 fully saturated rings. The quantitative estimate of drug-likeness (QED) is 0.352. The van der Waals surface area contributed by atoms with Gasteiger partial charge in [-0.2, -0.15) is 0 Å². The van der Waals surface area contributed by atoms with Crippen LogP contribution in [0.1, 0.15) is 30.6 Å². The van der Waals surface area contributed by atoms with E-state index in [2.05, 4.69) is 10.0 Å². The van der Waals surface area contributed by atoms with Crippen molar-refractivity contribution in [3.8, 4) is 11.5 Å². The summed E-state index contributed by atoms with van der Waals surface area (Å²) >= 11 is 1.54. The first-order valence-corrected chi connectivity index (χ1v) is 12.6. The van der Waals surface area contributed by atoms with Crippen molar-refractivity contribution in [2.24, 2.45) is 0 Å². The zero-order chi connectivity index (χ0) is 22.8. The van der Waals surface area contributed by atoms with Crippen molar-refractivity contribution >= 4 is 33.2 Å². The van der Waals surface area contributed by atoms with Gasteiger partial charge in [0.25, 0.3) is 5.91 Å². The molecule has 1 aliphatic rings. The first kappa shape index (κ1) is 24.0. The van der Waals surface area contributed by atoms with Crippen LogP contribution in [0.25, 0.3) is 0 Å². The minimum Gasteiger partial charge on any atom is -0.486 e. The molecule has 0 atom stereocenters. The molecule has 0 bridgehead atoms. The van der Waals surface area contributed by atoms with E-state index in [1.807, 2.05) is 17.5 Å². The molecular formula is C21H26N2O7S2. The van der Waals surface area contributed by atoms with E-state index in [9.17, 15) is 18.0 Å². The highest BCUT2D eigenvalue weighted by atomic mass is 32.2. The maximum Gasteiger partial charge on any atom is 0.306 e. The second-order valence-electron chi connectivity index (χ2n) is 7.03. The van der Waals surface area contributed by atoms with Crippen LogP contribution in [-0.4, -0.2) is 46.7 Å². The summed E-state index contributed by atoms with van der Waals surface area (Å²) in [7, 11) is -3.66. The maximum atomic E-state index is 12.4. The van der Waals surface area contributed by atoms with Gasteiger partial charge >= 0.3 is 5.97 Å². The predicted octanol–water partition coefficient (Wildman–Crippen LogP) is 2.22. The van der Waals surface area contributed by atoms with Crippen LogP contribution < -0.4 is 19.5 Å². The normalized spacial score (nSPS) is 12.9. The maximum absolute atomic E-state index is 12.4. The Morgan fingerprint density at radius 3 is 2.66 bits per heavy atom. The summed E-state index contributed by atoms with van der Waals surface area (Å²) in [6.45, 7) is 1.17. The van der Waals surface area contributed by atoms with E-state index in [1.54, 1.807) is 6.07 Å². The number of amides is 1. The van der Waals surface area contributed by atoms with Gasteiger partial charge in [0.05, 0.1) is 11.4 Å². The third-order valence-electron chi connectivity index (χ3n) is 4.58. The summed E-state index contributed by atoms with van der Waals surface area (Å²) in [4.78, 5) is 24.6. The van der Waals surface area contributed by atoms with Crippen LogP contribution in [0, 0.1) is 0 Å². The summed E-state index contributed by atoms with van der Waals surface area (Å²) in [6, 6.07) is 8.31. The van der Waals surface area contributed by atoms with Gasteiger partial charge in [0.2, 0.25) is 10.0 Å². The number of sulfonamides is 1. The largest absolute Gasteiger partial charge is 0.486 e. The van der Waals surface area contributed by atoms with E-state index >= 15 is 0 Å². The Morgan fingerprint density at radius 1 is 1.06 bits per heavy atom. The standard InChI is InChI=1S/C21H26N2O7S2/c24-20(22-14-16-5-4-12-31-16)15-30-21(25)6-2-1-3-9-23-32(26,27)17-7-8-18-19(13-17)29-11-10-28-18/h4-5,7-8,12-13,23H,1-3,6,9-11,14-15H2,(H,22,24). The number of thiophene rings is 1. The molecule has 2 heterocycles. The minimum atomic E-state index is -3.66. The van der Waals surface area contributed by atoms with E-state index in [0.717, 1.165) is 4.88 Å². The summed E-state index contributed by atoms with van der Waals surface area (Å²) in [5, 5.41) is 4.60. The highest BCUT2D eigenvalue weighted by molar-refractivity contribution is 7.89. The van der Waals surface area contributed by atoms with Crippen LogP contribution in [0.4, 0.5) is 0 Å². The number of carbonyl (C=O) groups is 2. The summed E-state index contributed by atoms with van der Waals surface area (Å²) in [5.74, 6) is 0.147. The van der Waals surface area contributed by atoms with Crippen LogP contribution in [-0.2, 0) is 30.9 Å². The Balaban J connectivity index is 1.26. The molecule has 1 amide bonds. The second kappa shape index (κ2) is 11.8. The molecule has 0 saturated carbocycles. The molecule has 32 heavy (non-hydrogen) atoms. The average Bonchev–Trinajstić information content (AvgIpc) is 3.32. The molecule has 0 saturated heterocycles. The van der Waals surface area contributed by atoms with Gasteiger partial charge in [0.1, 0.15) is 13.2 Å². The fraction of sp³-hybridized carbons (Fsp3) is 0.429. The first-order chi connectivity index (χ1) is 15.4. The monoisotopic (exact) mass is 482 g/mol. The number of unbranched alkanes of at least 4 members (excludes halogenated alkanes) is 2. The van der Waals surface area contributed by atoms with E-state index in [1.165, 1.54) is 23.5 Å². The molecule has 1 aromatic heterocycles. The summed E-state index contributed by atoms with van der Waals surface area (Å²) < 4.78 is 43.1. The van der Waals surface area contributed by atoms with E-state index in [4.69, 9.17) is 14.2 Å². The Hall–Kier alpha value is -2.63. The molecule has 3 rings (SSSR count). The van der Waals surface area contributed by atoms with Crippen molar-refractivity contribution < 1.29 is 32.2 Å². The number of fused-ring (bicyclic) bond motifs is 1. The molecule has 2 N–H and O–H groups in total. The number of ether oxygens (including phenoxy) is 3. The van der Waals surface area contributed by atoms with Crippen molar-refractivity contribution in [1.29, 1.82) is 0 Å².